The summed E-state index contributed by atoms with van der Waals surface area (Å²) in [5.74, 6) is 0.314. The Bertz CT molecular complexity index is 476. The first-order valence-electron chi connectivity index (χ1n) is 6.51. The van der Waals surface area contributed by atoms with E-state index in [1.165, 1.54) is 26.0 Å². The van der Waals surface area contributed by atoms with Crippen LogP contribution >= 0.6 is 0 Å². The van der Waals surface area contributed by atoms with Gasteiger partial charge in [0, 0.05) is 6.08 Å². The van der Waals surface area contributed by atoms with Crippen molar-refractivity contribution in [2.24, 2.45) is 0 Å². The average Bonchev–Trinajstić information content (AvgIpc) is 2.92. The molecule has 0 radical (unpaired) electrons. The Morgan fingerprint density at radius 1 is 1.37 bits per heavy atom. The molecule has 2 N–H and O–H groups in total. The van der Waals surface area contributed by atoms with Gasteiger partial charge in [-0.15, -0.1) is 0 Å². The van der Waals surface area contributed by atoms with E-state index in [9.17, 15) is 4.79 Å². The zero-order chi connectivity index (χ0) is 13.7. The van der Waals surface area contributed by atoms with Crippen LogP contribution in [-0.4, -0.2) is 19.2 Å². The third-order valence-corrected chi connectivity index (χ3v) is 3.25. The Balaban J connectivity index is 2.09. The number of hydrogen-bond donors (Lipinski definition) is 1. The summed E-state index contributed by atoms with van der Waals surface area (Å²) in [4.78, 5) is 11.1. The standard InChI is InChI=1S/C15H19NO3/c1-18-15(17)9-7-11-6-8-13(16)14(10-11)19-12-4-2-3-5-12/h6-10,12H,2-5,16H2,1H3/b9-7+. The highest BCUT2D eigenvalue weighted by molar-refractivity contribution is 5.87. The fourth-order valence-corrected chi connectivity index (χ4v) is 2.17. The number of ether oxygens (including phenoxy) is 2. The molecule has 1 aromatic rings. The number of hydrogen-bond acceptors (Lipinski definition) is 4. The molecular weight excluding hydrogens is 242 g/mol. The van der Waals surface area contributed by atoms with Crippen LogP contribution in [0.25, 0.3) is 6.08 Å². The lowest BCUT2D eigenvalue weighted by atomic mass is 10.1. The monoisotopic (exact) mass is 261 g/mol. The Hall–Kier alpha value is -1.97. The number of carbonyl (C=O) groups is 1. The van der Waals surface area contributed by atoms with E-state index in [0.717, 1.165) is 18.4 Å². The highest BCUT2D eigenvalue weighted by Crippen LogP contribution is 2.29. The molecule has 1 aliphatic rings. The van der Waals surface area contributed by atoms with Crippen molar-refractivity contribution in [1.29, 1.82) is 0 Å². The van der Waals surface area contributed by atoms with Crippen molar-refractivity contribution in [2.75, 3.05) is 12.8 Å². The molecule has 0 saturated heterocycles. The highest BCUT2D eigenvalue weighted by Gasteiger charge is 2.17. The molecular formula is C15H19NO3. The van der Waals surface area contributed by atoms with E-state index in [-0.39, 0.29) is 12.1 Å². The highest BCUT2D eigenvalue weighted by atomic mass is 16.5. The third kappa shape index (κ3) is 3.74. The molecule has 0 amide bonds. The van der Waals surface area contributed by atoms with Gasteiger partial charge in [0.25, 0.3) is 0 Å². The van der Waals surface area contributed by atoms with E-state index < -0.39 is 0 Å². The number of carbonyl (C=O) groups excluding carboxylic acids is 1. The first kappa shape index (κ1) is 13.5. The number of rotatable bonds is 4. The predicted octanol–water partition coefficient (Wildman–Crippen LogP) is 2.78. The molecule has 4 nitrogen and oxygen atoms in total. The summed E-state index contributed by atoms with van der Waals surface area (Å²) in [6.07, 6.45) is 7.93. The van der Waals surface area contributed by atoms with Gasteiger partial charge in [0.05, 0.1) is 18.9 Å². The van der Waals surface area contributed by atoms with Gasteiger partial charge in [0.15, 0.2) is 0 Å². The molecule has 1 aliphatic carbocycles. The van der Waals surface area contributed by atoms with Gasteiger partial charge in [-0.3, -0.25) is 0 Å². The largest absolute Gasteiger partial charge is 0.488 e. The second kappa shape index (κ2) is 6.27. The van der Waals surface area contributed by atoms with Crippen molar-refractivity contribution >= 4 is 17.7 Å². The number of anilines is 1. The molecule has 0 heterocycles. The van der Waals surface area contributed by atoms with Crippen molar-refractivity contribution in [2.45, 2.75) is 31.8 Å². The van der Waals surface area contributed by atoms with Crippen LogP contribution in [0.3, 0.4) is 0 Å². The van der Waals surface area contributed by atoms with Gasteiger partial charge in [-0.25, -0.2) is 4.79 Å². The lowest BCUT2D eigenvalue weighted by molar-refractivity contribution is -0.134. The van der Waals surface area contributed by atoms with Crippen LogP contribution < -0.4 is 10.5 Å². The summed E-state index contributed by atoms with van der Waals surface area (Å²) in [6, 6.07) is 5.49. The fraction of sp³-hybridized carbons (Fsp3) is 0.400. The second-order valence-corrected chi connectivity index (χ2v) is 4.68. The molecule has 0 unspecified atom stereocenters. The quantitative estimate of drug-likeness (QED) is 0.514. The van der Waals surface area contributed by atoms with E-state index >= 15 is 0 Å². The molecule has 102 valence electrons. The Morgan fingerprint density at radius 2 is 2.11 bits per heavy atom. The summed E-state index contributed by atoms with van der Waals surface area (Å²) >= 11 is 0. The molecule has 0 aliphatic heterocycles. The van der Waals surface area contributed by atoms with Crippen molar-refractivity contribution in [1.82, 2.24) is 0 Å². The van der Waals surface area contributed by atoms with E-state index in [0.29, 0.717) is 11.4 Å². The number of esters is 1. The maximum absolute atomic E-state index is 11.1. The molecule has 4 heteroatoms. The van der Waals surface area contributed by atoms with Gasteiger partial charge >= 0.3 is 5.97 Å². The number of benzene rings is 1. The van der Waals surface area contributed by atoms with Crippen LogP contribution in [0.2, 0.25) is 0 Å². The van der Waals surface area contributed by atoms with Gasteiger partial charge in [0.1, 0.15) is 5.75 Å². The Kier molecular flexibility index (Phi) is 4.44. The minimum Gasteiger partial charge on any atom is -0.488 e. The van der Waals surface area contributed by atoms with Crippen LogP contribution in [0, 0.1) is 0 Å². The van der Waals surface area contributed by atoms with Gasteiger partial charge < -0.3 is 15.2 Å². The topological polar surface area (TPSA) is 61.5 Å². The smallest absolute Gasteiger partial charge is 0.330 e. The minimum absolute atomic E-state index is 0.266. The minimum atomic E-state index is -0.380. The zero-order valence-electron chi connectivity index (χ0n) is 11.1. The third-order valence-electron chi connectivity index (χ3n) is 3.25. The van der Waals surface area contributed by atoms with Crippen molar-refractivity contribution < 1.29 is 14.3 Å². The molecule has 0 atom stereocenters. The Morgan fingerprint density at radius 3 is 2.79 bits per heavy atom. The van der Waals surface area contributed by atoms with Crippen molar-refractivity contribution in [3.8, 4) is 5.75 Å². The molecule has 1 fully saturated rings. The van der Waals surface area contributed by atoms with E-state index in [1.807, 2.05) is 12.1 Å². The van der Waals surface area contributed by atoms with Crippen LogP contribution in [0.15, 0.2) is 24.3 Å². The van der Waals surface area contributed by atoms with E-state index in [4.69, 9.17) is 10.5 Å². The van der Waals surface area contributed by atoms with Crippen molar-refractivity contribution in [3.05, 3.63) is 29.8 Å². The van der Waals surface area contributed by atoms with Crippen molar-refractivity contribution in [3.63, 3.8) is 0 Å². The van der Waals surface area contributed by atoms with Gasteiger partial charge in [-0.05, 0) is 49.5 Å². The number of methoxy groups -OCH3 is 1. The second-order valence-electron chi connectivity index (χ2n) is 4.68. The SMILES string of the molecule is COC(=O)/C=C/c1ccc(N)c(OC2CCCC2)c1. The van der Waals surface area contributed by atoms with E-state index in [2.05, 4.69) is 4.74 Å². The average molecular weight is 261 g/mol. The number of nitrogen functional groups attached to an aromatic ring is 1. The maximum Gasteiger partial charge on any atom is 0.330 e. The molecule has 2 rings (SSSR count). The molecule has 1 saturated carbocycles. The lowest BCUT2D eigenvalue weighted by Crippen LogP contribution is -2.12. The maximum atomic E-state index is 11.1. The van der Waals surface area contributed by atoms with Gasteiger partial charge in [-0.1, -0.05) is 6.07 Å². The van der Waals surface area contributed by atoms with Crippen LogP contribution in [0.5, 0.6) is 5.75 Å². The first-order valence-corrected chi connectivity index (χ1v) is 6.51. The summed E-state index contributed by atoms with van der Waals surface area (Å²) in [5.41, 5.74) is 7.40. The van der Waals surface area contributed by atoms with E-state index in [1.54, 1.807) is 12.1 Å². The molecule has 19 heavy (non-hydrogen) atoms. The van der Waals surface area contributed by atoms with Crippen LogP contribution in [-0.2, 0) is 9.53 Å². The zero-order valence-corrected chi connectivity index (χ0v) is 11.1. The summed E-state index contributed by atoms with van der Waals surface area (Å²) in [7, 11) is 1.35. The normalized spacial score (nSPS) is 15.8. The first-order chi connectivity index (χ1) is 9.19. The molecule has 1 aromatic carbocycles. The van der Waals surface area contributed by atoms with Crippen LogP contribution in [0.1, 0.15) is 31.2 Å². The molecule has 0 aromatic heterocycles. The summed E-state index contributed by atoms with van der Waals surface area (Å²) in [5, 5.41) is 0. The predicted molar refractivity (Wildman–Crippen MR) is 74.8 cm³/mol. The molecule has 0 spiro atoms. The summed E-state index contributed by atoms with van der Waals surface area (Å²) < 4.78 is 10.5. The fourth-order valence-electron chi connectivity index (χ4n) is 2.17. The van der Waals surface area contributed by atoms with Gasteiger partial charge in [0.2, 0.25) is 0 Å². The molecule has 0 bridgehead atoms. The summed E-state index contributed by atoms with van der Waals surface area (Å²) in [6.45, 7) is 0. The van der Waals surface area contributed by atoms with Crippen LogP contribution in [0.4, 0.5) is 5.69 Å². The van der Waals surface area contributed by atoms with Gasteiger partial charge in [-0.2, -0.15) is 0 Å². The lowest BCUT2D eigenvalue weighted by Gasteiger charge is -2.15. The number of nitrogens with two attached hydrogens (primary N) is 1. The Labute approximate surface area is 113 Å².